The Labute approximate surface area is 194 Å². The number of carboxylic acids is 1. The summed E-state index contributed by atoms with van der Waals surface area (Å²) >= 11 is 6.03. The van der Waals surface area contributed by atoms with E-state index in [1.165, 1.54) is 6.20 Å². The fourth-order valence-corrected chi connectivity index (χ4v) is 4.55. The fraction of sp³-hybridized carbons (Fsp3) is 0.762. The van der Waals surface area contributed by atoms with E-state index in [0.717, 1.165) is 0 Å². The molecule has 0 fully saturated rings. The first kappa shape index (κ1) is 28.0. The van der Waals surface area contributed by atoms with E-state index in [1.807, 2.05) is 6.92 Å². The molecule has 31 heavy (non-hydrogen) atoms. The second-order valence-corrected chi connectivity index (χ2v) is 21.5. The SMILES string of the molecule is CC(CO[Si](C)(C)C(C)(C)C)(CO[Si](C)(C)C(C)(C)C)Nc1cnc(C(=O)O)c(Cl)n1. The molecule has 0 saturated heterocycles. The van der Waals surface area contributed by atoms with Crippen LogP contribution in [-0.4, -0.2) is 56.4 Å². The number of aromatic nitrogens is 2. The number of aromatic carboxylic acids is 1. The van der Waals surface area contributed by atoms with Crippen molar-refractivity contribution in [2.24, 2.45) is 0 Å². The zero-order valence-corrected chi connectivity index (χ0v) is 23.7. The summed E-state index contributed by atoms with van der Waals surface area (Å²) in [7, 11) is -4.00. The summed E-state index contributed by atoms with van der Waals surface area (Å²) in [6.45, 7) is 24.9. The minimum absolute atomic E-state index is 0.0699. The molecule has 0 aliphatic carbocycles. The lowest BCUT2D eigenvalue weighted by Crippen LogP contribution is -2.53. The van der Waals surface area contributed by atoms with Crippen molar-refractivity contribution in [3.63, 3.8) is 0 Å². The van der Waals surface area contributed by atoms with Gasteiger partial charge in [-0.2, -0.15) is 0 Å². The van der Waals surface area contributed by atoms with Gasteiger partial charge in [0.15, 0.2) is 27.5 Å². The lowest BCUT2D eigenvalue weighted by atomic mass is 10.1. The monoisotopic (exact) mass is 489 g/mol. The van der Waals surface area contributed by atoms with Gasteiger partial charge in [-0.25, -0.2) is 14.8 Å². The summed E-state index contributed by atoms with van der Waals surface area (Å²) in [5.41, 5.74) is -0.877. The summed E-state index contributed by atoms with van der Waals surface area (Å²) in [4.78, 5) is 19.3. The zero-order chi connectivity index (χ0) is 24.5. The molecule has 7 nitrogen and oxygen atoms in total. The third-order valence-electron chi connectivity index (χ3n) is 6.48. The minimum Gasteiger partial charge on any atom is -0.476 e. The van der Waals surface area contributed by atoms with E-state index in [2.05, 4.69) is 83.0 Å². The number of rotatable bonds is 9. The topological polar surface area (TPSA) is 93.6 Å². The highest BCUT2D eigenvalue weighted by atomic mass is 35.5. The summed E-state index contributed by atoms with van der Waals surface area (Å²) in [6.07, 6.45) is 1.38. The molecule has 0 atom stereocenters. The molecule has 0 saturated carbocycles. The van der Waals surface area contributed by atoms with E-state index >= 15 is 0 Å². The predicted octanol–water partition coefficient (Wildman–Crippen LogP) is 6.04. The Bertz CT molecular complexity index is 760. The van der Waals surface area contributed by atoms with E-state index in [1.54, 1.807) is 0 Å². The molecule has 2 N–H and O–H groups in total. The molecule has 0 aliphatic heterocycles. The van der Waals surface area contributed by atoms with Crippen LogP contribution in [0.2, 0.25) is 41.4 Å². The average Bonchev–Trinajstić information content (AvgIpc) is 2.56. The lowest BCUT2D eigenvalue weighted by Gasteiger charge is -2.43. The molecule has 0 aliphatic rings. The molecule has 0 spiro atoms. The third-order valence-corrected chi connectivity index (χ3v) is 15.7. The third kappa shape index (κ3) is 7.52. The maximum atomic E-state index is 11.2. The number of hydrogen-bond acceptors (Lipinski definition) is 6. The van der Waals surface area contributed by atoms with E-state index < -0.39 is 28.1 Å². The number of carbonyl (C=O) groups is 1. The lowest BCUT2D eigenvalue weighted by molar-refractivity contribution is 0.0690. The number of nitrogens with zero attached hydrogens (tertiary/aromatic N) is 2. The Kier molecular flexibility index (Phi) is 8.56. The summed E-state index contributed by atoms with van der Waals surface area (Å²) in [6, 6.07) is 0. The largest absolute Gasteiger partial charge is 0.476 e. The van der Waals surface area contributed by atoms with Gasteiger partial charge in [0.05, 0.1) is 24.9 Å². The highest BCUT2D eigenvalue weighted by molar-refractivity contribution is 6.74. The molecule has 0 bridgehead atoms. The molecule has 1 aromatic rings. The maximum absolute atomic E-state index is 11.2. The zero-order valence-electron chi connectivity index (χ0n) is 20.9. The Morgan fingerprint density at radius 1 is 1.00 bits per heavy atom. The van der Waals surface area contributed by atoms with Crippen LogP contribution in [0.5, 0.6) is 0 Å². The van der Waals surface area contributed by atoms with Crippen LogP contribution in [0.15, 0.2) is 6.20 Å². The Morgan fingerprint density at radius 3 is 1.74 bits per heavy atom. The first-order valence-corrected chi connectivity index (χ1v) is 16.7. The fourth-order valence-electron chi connectivity index (χ4n) is 2.11. The van der Waals surface area contributed by atoms with Gasteiger partial charge in [-0.3, -0.25) is 0 Å². The van der Waals surface area contributed by atoms with Crippen molar-refractivity contribution in [2.75, 3.05) is 18.5 Å². The molecule has 0 radical (unpaired) electrons. The smallest absolute Gasteiger partial charge is 0.357 e. The van der Waals surface area contributed by atoms with Crippen molar-refractivity contribution in [1.29, 1.82) is 0 Å². The number of nitrogens with one attached hydrogen (secondary N) is 1. The van der Waals surface area contributed by atoms with Crippen LogP contribution >= 0.6 is 11.6 Å². The van der Waals surface area contributed by atoms with Crippen LogP contribution in [-0.2, 0) is 8.85 Å². The maximum Gasteiger partial charge on any atom is 0.357 e. The van der Waals surface area contributed by atoms with Crippen molar-refractivity contribution in [1.82, 2.24) is 9.97 Å². The molecule has 1 rings (SSSR count). The van der Waals surface area contributed by atoms with Gasteiger partial charge in [0, 0.05) is 0 Å². The summed E-state index contributed by atoms with van der Waals surface area (Å²) in [5, 5.41) is 12.5. The Balaban J connectivity index is 3.18. The normalized spacial score (nSPS) is 13.9. The average molecular weight is 490 g/mol. The van der Waals surface area contributed by atoms with Gasteiger partial charge in [0.25, 0.3) is 0 Å². The van der Waals surface area contributed by atoms with E-state index in [-0.39, 0.29) is 20.9 Å². The van der Waals surface area contributed by atoms with E-state index in [4.69, 9.17) is 25.6 Å². The van der Waals surface area contributed by atoms with Gasteiger partial charge in [0.2, 0.25) is 0 Å². The van der Waals surface area contributed by atoms with Crippen LogP contribution in [0.25, 0.3) is 0 Å². The van der Waals surface area contributed by atoms with E-state index in [9.17, 15) is 4.79 Å². The van der Waals surface area contributed by atoms with Gasteiger partial charge in [-0.1, -0.05) is 53.1 Å². The van der Waals surface area contributed by atoms with E-state index in [0.29, 0.717) is 19.0 Å². The minimum atomic E-state index is -2.00. The van der Waals surface area contributed by atoms with Crippen molar-refractivity contribution in [3.8, 4) is 0 Å². The second-order valence-electron chi connectivity index (χ2n) is 11.5. The molecule has 1 aromatic heterocycles. The van der Waals surface area contributed by atoms with Crippen LogP contribution in [0.3, 0.4) is 0 Å². The first-order valence-electron chi connectivity index (χ1n) is 10.5. The highest BCUT2D eigenvalue weighted by Gasteiger charge is 2.42. The van der Waals surface area contributed by atoms with Crippen molar-refractivity contribution in [3.05, 3.63) is 17.0 Å². The molecule has 0 aromatic carbocycles. The van der Waals surface area contributed by atoms with Crippen LogP contribution < -0.4 is 5.32 Å². The summed E-state index contributed by atoms with van der Waals surface area (Å²) in [5.74, 6) is -0.829. The van der Waals surface area contributed by atoms with Crippen molar-refractivity contribution in [2.45, 2.75) is 90.3 Å². The Morgan fingerprint density at radius 2 is 1.42 bits per heavy atom. The summed E-state index contributed by atoms with van der Waals surface area (Å²) < 4.78 is 13.0. The van der Waals surface area contributed by atoms with Crippen LogP contribution in [0.4, 0.5) is 5.82 Å². The second kappa shape index (κ2) is 9.47. The molecular weight excluding hydrogens is 450 g/mol. The Hall–Kier alpha value is -1.01. The molecule has 178 valence electrons. The molecule has 1 heterocycles. The number of carboxylic acid groups (broad SMARTS) is 1. The van der Waals surface area contributed by atoms with Gasteiger partial charge >= 0.3 is 5.97 Å². The van der Waals surface area contributed by atoms with Crippen LogP contribution in [0.1, 0.15) is 59.0 Å². The molecule has 0 amide bonds. The number of anilines is 1. The molecular formula is C21H40ClN3O4Si2. The first-order chi connectivity index (χ1) is 13.7. The van der Waals surface area contributed by atoms with Gasteiger partial charge in [-0.15, -0.1) is 0 Å². The van der Waals surface area contributed by atoms with Crippen molar-refractivity contribution < 1.29 is 18.8 Å². The van der Waals surface area contributed by atoms with Crippen LogP contribution in [0, 0.1) is 0 Å². The standard InChI is InChI=1S/C21H40ClN3O4Si2/c1-19(2,3)30(8,9)28-13-21(7,14-29-31(10,11)20(4,5)6)25-15-12-23-16(18(26)27)17(22)24-15/h12H,13-14H2,1-11H3,(H,24,25)(H,26,27). The molecule has 0 unspecified atom stereocenters. The van der Waals surface area contributed by atoms with Crippen molar-refractivity contribution >= 4 is 40.0 Å². The number of halogens is 1. The quantitative estimate of drug-likeness (QED) is 0.408. The number of hydrogen-bond donors (Lipinski definition) is 2. The van der Waals surface area contributed by atoms with Gasteiger partial charge < -0.3 is 19.3 Å². The van der Waals surface area contributed by atoms with Gasteiger partial charge in [-0.05, 0) is 43.2 Å². The highest BCUT2D eigenvalue weighted by Crippen LogP contribution is 2.39. The van der Waals surface area contributed by atoms with Gasteiger partial charge in [0.1, 0.15) is 5.82 Å². The predicted molar refractivity (Wildman–Crippen MR) is 132 cm³/mol. The molecule has 10 heteroatoms.